The van der Waals surface area contributed by atoms with Gasteiger partial charge in [0.15, 0.2) is 0 Å². The van der Waals surface area contributed by atoms with Crippen LogP contribution in [0.2, 0.25) is 15.1 Å². The fourth-order valence-corrected chi connectivity index (χ4v) is 1.84. The van der Waals surface area contributed by atoms with Crippen LogP contribution in [0.4, 0.5) is 11.4 Å². The molecule has 0 aliphatic heterocycles. The van der Waals surface area contributed by atoms with E-state index in [9.17, 15) is 0 Å². The molecule has 2 aromatic carbocycles. The topological polar surface area (TPSA) is 12.0 Å². The first-order chi connectivity index (χ1) is 7.65. The van der Waals surface area contributed by atoms with Crippen molar-refractivity contribution in [2.45, 2.75) is 0 Å². The van der Waals surface area contributed by atoms with Crippen molar-refractivity contribution in [1.82, 2.24) is 0 Å². The van der Waals surface area contributed by atoms with Crippen LogP contribution in [0.1, 0.15) is 0 Å². The van der Waals surface area contributed by atoms with Crippen molar-refractivity contribution in [2.24, 2.45) is 0 Å². The zero-order valence-electron chi connectivity index (χ0n) is 8.18. The van der Waals surface area contributed by atoms with Crippen molar-refractivity contribution in [3.05, 3.63) is 57.5 Å². The van der Waals surface area contributed by atoms with Crippen molar-refractivity contribution < 1.29 is 0 Å². The molecule has 4 heteroatoms. The van der Waals surface area contributed by atoms with Crippen LogP contribution in [0.3, 0.4) is 0 Å². The average molecular weight is 273 g/mol. The first-order valence-electron chi connectivity index (χ1n) is 4.63. The minimum Gasteiger partial charge on any atom is -0.354 e. The maximum Gasteiger partial charge on any atom is 0.0642 e. The molecule has 0 unspecified atom stereocenters. The summed E-state index contributed by atoms with van der Waals surface area (Å²) in [6.45, 7) is 0. The van der Waals surface area contributed by atoms with E-state index < -0.39 is 0 Å². The lowest BCUT2D eigenvalue weighted by Gasteiger charge is -2.08. The Balaban J connectivity index is 2.30. The monoisotopic (exact) mass is 271 g/mol. The third-order valence-corrected chi connectivity index (χ3v) is 2.83. The molecule has 0 atom stereocenters. The molecule has 0 saturated heterocycles. The zero-order chi connectivity index (χ0) is 11.5. The lowest BCUT2D eigenvalue weighted by Crippen LogP contribution is -1.90. The van der Waals surface area contributed by atoms with Crippen molar-refractivity contribution in [3.8, 4) is 0 Å². The van der Waals surface area contributed by atoms with Crippen LogP contribution in [0, 0.1) is 0 Å². The number of rotatable bonds is 2. The predicted octanol–water partition coefficient (Wildman–Crippen LogP) is 5.39. The van der Waals surface area contributed by atoms with Crippen molar-refractivity contribution >= 4 is 46.2 Å². The van der Waals surface area contributed by atoms with Gasteiger partial charge in [-0.2, -0.15) is 0 Å². The second-order valence-corrected chi connectivity index (χ2v) is 4.54. The number of hydrogen-bond acceptors (Lipinski definition) is 1. The summed E-state index contributed by atoms with van der Waals surface area (Å²) in [7, 11) is 0. The molecular weight excluding hydrogens is 264 g/mol. The van der Waals surface area contributed by atoms with Gasteiger partial charge in [-0.05, 0) is 36.4 Å². The summed E-state index contributed by atoms with van der Waals surface area (Å²) in [6.07, 6.45) is 0. The van der Waals surface area contributed by atoms with Crippen molar-refractivity contribution in [1.29, 1.82) is 0 Å². The van der Waals surface area contributed by atoms with Gasteiger partial charge in [-0.25, -0.2) is 0 Å². The smallest absolute Gasteiger partial charge is 0.0642 e. The van der Waals surface area contributed by atoms with Crippen molar-refractivity contribution in [3.63, 3.8) is 0 Å². The number of hydrogen-bond donors (Lipinski definition) is 1. The van der Waals surface area contributed by atoms with E-state index >= 15 is 0 Å². The van der Waals surface area contributed by atoms with Crippen LogP contribution in [-0.2, 0) is 0 Å². The standard InChI is InChI=1S/C12H8Cl3N/c13-8-2-1-3-10(6-8)16-12-7-9(14)4-5-11(12)15/h1-7,16H. The van der Waals surface area contributed by atoms with Gasteiger partial charge in [0.1, 0.15) is 0 Å². The number of nitrogens with one attached hydrogen (secondary N) is 1. The molecule has 0 bridgehead atoms. The highest BCUT2D eigenvalue weighted by Gasteiger charge is 2.01. The highest BCUT2D eigenvalue weighted by molar-refractivity contribution is 6.35. The first-order valence-corrected chi connectivity index (χ1v) is 5.76. The van der Waals surface area contributed by atoms with E-state index in [4.69, 9.17) is 34.8 Å². The van der Waals surface area contributed by atoms with Crippen LogP contribution in [0.15, 0.2) is 42.5 Å². The van der Waals surface area contributed by atoms with E-state index in [-0.39, 0.29) is 0 Å². The summed E-state index contributed by atoms with van der Waals surface area (Å²) >= 11 is 17.8. The minimum absolute atomic E-state index is 0.615. The lowest BCUT2D eigenvalue weighted by atomic mass is 10.2. The third-order valence-electron chi connectivity index (χ3n) is 2.03. The van der Waals surface area contributed by atoms with Gasteiger partial charge in [-0.15, -0.1) is 0 Å². The van der Waals surface area contributed by atoms with Crippen LogP contribution >= 0.6 is 34.8 Å². The fraction of sp³-hybridized carbons (Fsp3) is 0. The quantitative estimate of drug-likeness (QED) is 0.773. The lowest BCUT2D eigenvalue weighted by molar-refractivity contribution is 1.55. The molecule has 0 aliphatic rings. The van der Waals surface area contributed by atoms with Gasteiger partial charge < -0.3 is 5.32 Å². The first kappa shape index (κ1) is 11.6. The molecule has 1 nitrogen and oxygen atoms in total. The Labute approximate surface area is 109 Å². The second-order valence-electron chi connectivity index (χ2n) is 3.26. The summed E-state index contributed by atoms with van der Waals surface area (Å²) in [5.41, 5.74) is 1.63. The molecule has 82 valence electrons. The normalized spacial score (nSPS) is 10.2. The highest BCUT2D eigenvalue weighted by Crippen LogP contribution is 2.29. The van der Waals surface area contributed by atoms with E-state index in [1.807, 2.05) is 24.3 Å². The summed E-state index contributed by atoms with van der Waals surface area (Å²) in [5, 5.41) is 5.07. The molecule has 0 aromatic heterocycles. The maximum atomic E-state index is 6.03. The van der Waals surface area contributed by atoms with E-state index in [0.29, 0.717) is 15.1 Å². The van der Waals surface area contributed by atoms with E-state index in [0.717, 1.165) is 11.4 Å². The summed E-state index contributed by atoms with van der Waals surface area (Å²) in [5.74, 6) is 0. The van der Waals surface area contributed by atoms with Gasteiger partial charge in [0, 0.05) is 15.7 Å². The Morgan fingerprint density at radius 2 is 1.56 bits per heavy atom. The molecule has 0 radical (unpaired) electrons. The number of halogens is 3. The average Bonchev–Trinajstić information content (AvgIpc) is 2.24. The largest absolute Gasteiger partial charge is 0.354 e. The Kier molecular flexibility index (Phi) is 3.59. The predicted molar refractivity (Wildman–Crippen MR) is 71.2 cm³/mol. The SMILES string of the molecule is Clc1cccc(Nc2cc(Cl)ccc2Cl)c1. The summed E-state index contributed by atoms with van der Waals surface area (Å²) < 4.78 is 0. The van der Waals surface area contributed by atoms with Gasteiger partial charge in [0.05, 0.1) is 10.7 Å². The van der Waals surface area contributed by atoms with Crippen LogP contribution in [-0.4, -0.2) is 0 Å². The molecule has 0 aliphatic carbocycles. The Hall–Kier alpha value is -0.890. The third kappa shape index (κ3) is 2.82. The van der Waals surface area contributed by atoms with E-state index in [1.54, 1.807) is 18.2 Å². The highest BCUT2D eigenvalue weighted by atomic mass is 35.5. The number of anilines is 2. The van der Waals surface area contributed by atoms with E-state index in [2.05, 4.69) is 5.32 Å². The molecule has 0 fully saturated rings. The zero-order valence-corrected chi connectivity index (χ0v) is 10.4. The Morgan fingerprint density at radius 3 is 2.31 bits per heavy atom. The van der Waals surface area contributed by atoms with Gasteiger partial charge in [-0.3, -0.25) is 0 Å². The van der Waals surface area contributed by atoms with Gasteiger partial charge in [-0.1, -0.05) is 40.9 Å². The Morgan fingerprint density at radius 1 is 0.812 bits per heavy atom. The number of benzene rings is 2. The second kappa shape index (κ2) is 4.96. The van der Waals surface area contributed by atoms with Crippen LogP contribution < -0.4 is 5.32 Å². The van der Waals surface area contributed by atoms with Crippen LogP contribution in [0.5, 0.6) is 0 Å². The molecule has 0 heterocycles. The molecule has 0 amide bonds. The van der Waals surface area contributed by atoms with E-state index in [1.165, 1.54) is 0 Å². The molecular formula is C12H8Cl3N. The molecule has 16 heavy (non-hydrogen) atoms. The Bertz CT molecular complexity index is 511. The van der Waals surface area contributed by atoms with Crippen molar-refractivity contribution in [2.75, 3.05) is 5.32 Å². The minimum atomic E-state index is 0.615. The molecule has 1 N–H and O–H groups in total. The summed E-state index contributed by atoms with van der Waals surface area (Å²) in [6, 6.07) is 12.7. The fourth-order valence-electron chi connectivity index (χ4n) is 1.32. The maximum absolute atomic E-state index is 6.03. The van der Waals surface area contributed by atoms with Gasteiger partial charge >= 0.3 is 0 Å². The van der Waals surface area contributed by atoms with Crippen LogP contribution in [0.25, 0.3) is 0 Å². The molecule has 0 spiro atoms. The molecule has 2 rings (SSSR count). The summed E-state index contributed by atoms with van der Waals surface area (Å²) in [4.78, 5) is 0. The molecule has 0 saturated carbocycles. The van der Waals surface area contributed by atoms with Gasteiger partial charge in [0.2, 0.25) is 0 Å². The van der Waals surface area contributed by atoms with Gasteiger partial charge in [0.25, 0.3) is 0 Å². The molecule has 2 aromatic rings.